The Hall–Kier alpha value is -2.12. The molecule has 1 aromatic heterocycles. The van der Waals surface area contributed by atoms with Gasteiger partial charge in [0.25, 0.3) is 0 Å². The van der Waals surface area contributed by atoms with Crippen LogP contribution in [0.1, 0.15) is 0 Å². The molecule has 4 aromatic carbocycles. The third kappa shape index (κ3) is 1.49. The molecule has 14 rings (SSSR count). The van der Waals surface area contributed by atoms with E-state index in [1.54, 1.807) is 5.30 Å². The number of fused-ring (bicyclic) bond motifs is 8. The van der Waals surface area contributed by atoms with Gasteiger partial charge in [-0.2, -0.15) is 0 Å². The molecular weight excluding hydrogens is 492 g/mol. The minimum atomic E-state index is -2.09. The monoisotopic (exact) mass is 507 g/mol. The van der Waals surface area contributed by atoms with Crippen molar-refractivity contribution in [1.29, 1.82) is 0 Å². The van der Waals surface area contributed by atoms with E-state index >= 15 is 0 Å². The molecule has 0 atom stereocenters. The summed E-state index contributed by atoms with van der Waals surface area (Å²) in [5.74, 6) is 2.12. The van der Waals surface area contributed by atoms with E-state index in [9.17, 15) is 0 Å². The summed E-state index contributed by atoms with van der Waals surface area (Å²) >= 11 is 0. The fourth-order valence-electron chi connectivity index (χ4n) is 10.3. The molecular formula is C24H14B9N2OP2-2. The second kappa shape index (κ2) is 4.96. The maximum absolute atomic E-state index is 6.86. The van der Waals surface area contributed by atoms with E-state index < -0.39 is 12.7 Å². The average Bonchev–Trinajstić information content (AvgIpc) is 3.88. The number of ether oxygens (including phenoxy) is 1. The van der Waals surface area contributed by atoms with Gasteiger partial charge in [0, 0.05) is 0 Å². The molecule has 1 N–H and O–H groups in total. The van der Waals surface area contributed by atoms with Gasteiger partial charge in [-0.05, 0) is 0 Å². The Labute approximate surface area is 224 Å². The first-order valence-electron chi connectivity index (χ1n) is 14.1. The van der Waals surface area contributed by atoms with Gasteiger partial charge in [0.1, 0.15) is 0 Å². The van der Waals surface area contributed by atoms with Crippen molar-refractivity contribution in [3.05, 3.63) is 78.9 Å². The Morgan fingerprint density at radius 2 is 1.58 bits per heavy atom. The fraction of sp³-hybridized carbons (Fsp3) is 0. The summed E-state index contributed by atoms with van der Waals surface area (Å²) in [5, 5.41) is 4.38. The topological polar surface area (TPSA) is 26.2 Å². The Morgan fingerprint density at radius 3 is 2.34 bits per heavy atom. The van der Waals surface area contributed by atoms with E-state index in [4.69, 9.17) is 4.74 Å². The SMILES string of the molecule is [B]1B2B3[B-]P123NP12(c3cccc4c3B3c5c(cccc5-n5c6ccccc6c6cccc3c65)O4)B3[B-]B1B32. The van der Waals surface area contributed by atoms with Gasteiger partial charge in [-0.1, -0.05) is 0 Å². The number of hydrogen-bond donors (Lipinski definition) is 1. The number of aromatic nitrogens is 1. The minimum absolute atomic E-state index is 0.217. The molecule has 9 aliphatic rings. The summed E-state index contributed by atoms with van der Waals surface area (Å²) < 4.78 is 9.37. The number of nitrogens with zero attached hydrogens (tertiary/aromatic N) is 1. The summed E-state index contributed by atoms with van der Waals surface area (Å²) in [7, 11) is 2.69. The zero-order valence-electron chi connectivity index (χ0n) is 20.5. The Kier molecular flexibility index (Phi) is 2.48. The van der Waals surface area contributed by atoms with Crippen LogP contribution in [0.5, 0.6) is 11.5 Å². The molecule has 7 saturated heterocycles. The van der Waals surface area contributed by atoms with Crippen LogP contribution in [-0.4, -0.2) is 63.2 Å². The van der Waals surface area contributed by atoms with Crippen molar-refractivity contribution in [3.63, 3.8) is 0 Å². The predicted octanol–water partition coefficient (Wildman–Crippen LogP) is 1.07. The Morgan fingerprint density at radius 1 is 0.816 bits per heavy atom. The molecule has 2 bridgehead atoms. The van der Waals surface area contributed by atoms with Crippen molar-refractivity contribution < 1.29 is 4.74 Å². The molecule has 7 fully saturated rings. The van der Waals surface area contributed by atoms with Gasteiger partial charge >= 0.3 is 225 Å². The van der Waals surface area contributed by atoms with Crippen LogP contribution < -0.4 is 31.3 Å². The molecule has 9 aliphatic heterocycles. The molecule has 5 aromatic rings. The standard InChI is InChI=1S/C24H14B9N2OP2/c1-2-9-17-14(6-1)15-7-3-8-16-24(15)35(17)18-10-4-11-19-22(18)28(16)23-20(36-19)12-5-13-21(23)37(29-25-30(37)33(29)37)34-38-26-31(38)32(38)27-38/h1-13,34H/q-2. The van der Waals surface area contributed by atoms with Crippen LogP contribution in [0.3, 0.4) is 0 Å². The summed E-state index contributed by atoms with van der Waals surface area (Å²) in [6, 6.07) is 29.7. The molecule has 165 valence electrons. The van der Waals surface area contributed by atoms with Crippen molar-refractivity contribution in [2.45, 2.75) is 0 Å². The zero-order chi connectivity index (χ0) is 24.0. The van der Waals surface area contributed by atoms with E-state index in [2.05, 4.69) is 109 Å². The summed E-state index contributed by atoms with van der Waals surface area (Å²) in [6.07, 6.45) is 0.780. The molecule has 0 saturated carbocycles. The number of para-hydroxylation sites is 2. The van der Waals surface area contributed by atoms with Gasteiger partial charge in [0.15, 0.2) is 0 Å². The molecule has 3 nitrogen and oxygen atoms in total. The molecule has 0 unspecified atom stereocenters. The number of benzene rings is 4. The molecule has 10 heterocycles. The zero-order valence-corrected chi connectivity index (χ0v) is 22.2. The van der Waals surface area contributed by atoms with Crippen molar-refractivity contribution in [1.82, 2.24) is 9.42 Å². The third-order valence-corrected chi connectivity index (χ3v) is 26.8. The average molecular weight is 506 g/mol. The van der Waals surface area contributed by atoms with Crippen molar-refractivity contribution >= 4 is 115 Å². The van der Waals surface area contributed by atoms with Gasteiger partial charge in [0.2, 0.25) is 0 Å². The first kappa shape index (κ1) is 19.0. The number of hydrogen-bond acceptors (Lipinski definition) is 2. The first-order valence-corrected chi connectivity index (χ1v) is 19.0. The van der Waals surface area contributed by atoms with Gasteiger partial charge in [0.05, 0.1) is 0 Å². The van der Waals surface area contributed by atoms with Gasteiger partial charge in [-0.15, -0.1) is 0 Å². The van der Waals surface area contributed by atoms with E-state index in [1.807, 2.05) is 0 Å². The van der Waals surface area contributed by atoms with Crippen LogP contribution in [0.25, 0.3) is 27.5 Å². The van der Waals surface area contributed by atoms with Crippen LogP contribution in [0.15, 0.2) is 78.9 Å². The van der Waals surface area contributed by atoms with Gasteiger partial charge in [-0.25, -0.2) is 0 Å². The first-order chi connectivity index (χ1) is 18.7. The third-order valence-electron chi connectivity index (χ3n) is 12.4. The number of nitrogens with one attached hydrogen (secondary N) is 1. The molecule has 1 spiro atoms. The van der Waals surface area contributed by atoms with Crippen LogP contribution in [0.2, 0.25) is 0 Å². The quantitative estimate of drug-likeness (QED) is 0.287. The van der Waals surface area contributed by atoms with Crippen molar-refractivity contribution in [2.75, 3.05) is 0 Å². The summed E-state index contributed by atoms with van der Waals surface area (Å²) in [5.41, 5.74) is 8.24. The van der Waals surface area contributed by atoms with Crippen LogP contribution in [-0.2, 0) is 0 Å². The Bertz CT molecular complexity index is 2120. The summed E-state index contributed by atoms with van der Waals surface area (Å²) in [4.78, 5) is 4.68. The van der Waals surface area contributed by atoms with E-state index in [-0.39, 0.29) is 6.71 Å². The summed E-state index contributed by atoms with van der Waals surface area (Å²) in [6.45, 7) is 5.70. The van der Waals surface area contributed by atoms with Crippen LogP contribution >= 0.6 is 12.7 Å². The molecule has 38 heavy (non-hydrogen) atoms. The van der Waals surface area contributed by atoms with Crippen LogP contribution in [0.4, 0.5) is 0 Å². The molecule has 5 radical (unpaired) electrons. The van der Waals surface area contributed by atoms with E-state index in [1.165, 1.54) is 43.9 Å². The van der Waals surface area contributed by atoms with Crippen LogP contribution in [0, 0.1) is 0 Å². The second-order valence-electron chi connectivity index (χ2n) is 13.3. The maximum atomic E-state index is 6.86. The fourth-order valence-corrected chi connectivity index (χ4v) is 29.8. The van der Waals surface area contributed by atoms with Crippen molar-refractivity contribution in [3.8, 4) is 17.2 Å². The molecule has 14 heteroatoms. The van der Waals surface area contributed by atoms with Gasteiger partial charge < -0.3 is 0 Å². The Balaban J connectivity index is 1.16. The normalized spacial score (nSPS) is 27.1. The van der Waals surface area contributed by atoms with Gasteiger partial charge in [-0.3, -0.25) is 0 Å². The van der Waals surface area contributed by atoms with E-state index in [0.717, 1.165) is 42.6 Å². The van der Waals surface area contributed by atoms with E-state index in [0.29, 0.717) is 0 Å². The predicted molar refractivity (Wildman–Crippen MR) is 175 cm³/mol. The molecule has 0 amide bonds. The van der Waals surface area contributed by atoms with Crippen molar-refractivity contribution in [2.24, 2.45) is 0 Å². The second-order valence-corrected chi connectivity index (χ2v) is 23.6. The number of rotatable bonds is 3. The molecule has 0 aliphatic carbocycles.